The molecular weight excluding hydrogens is 1030 g/mol. The van der Waals surface area contributed by atoms with Gasteiger partial charge in [-0.1, -0.05) is 31.2 Å². The maximum atomic E-state index is 14.3. The minimum Gasteiger partial charge on any atom is -0.448 e. The fourth-order valence-electron chi connectivity index (χ4n) is 10.3. The number of aliphatic hydroxyl groups is 5. The van der Waals surface area contributed by atoms with Crippen LogP contribution in [0, 0.1) is 27.9 Å². The highest BCUT2D eigenvalue weighted by Gasteiger charge is 2.53. The molecule has 2 aromatic rings. The third-order valence-electron chi connectivity index (χ3n) is 14.8. The first kappa shape index (κ1) is 58.3. The second-order valence-electron chi connectivity index (χ2n) is 20.9. The third-order valence-corrected chi connectivity index (χ3v) is 16.3. The summed E-state index contributed by atoms with van der Waals surface area (Å²) in [5, 5.41) is 82.1. The second-order valence-corrected chi connectivity index (χ2v) is 22.1. The van der Waals surface area contributed by atoms with Crippen molar-refractivity contribution < 1.29 is 63.7 Å². The number of esters is 1. The highest BCUT2D eigenvalue weighted by molar-refractivity contribution is 14.1. The highest BCUT2D eigenvalue weighted by Crippen LogP contribution is 2.40. The van der Waals surface area contributed by atoms with Crippen molar-refractivity contribution in [3.63, 3.8) is 0 Å². The predicted octanol–water partition coefficient (Wildman–Crippen LogP) is 2.79. The number of rotatable bonds is 15. The van der Waals surface area contributed by atoms with Gasteiger partial charge in [0.15, 0.2) is 16.7 Å². The summed E-state index contributed by atoms with van der Waals surface area (Å²) in [4.78, 5) is 28.8. The predicted molar refractivity (Wildman–Crippen MR) is 265 cm³/mol. The van der Waals surface area contributed by atoms with E-state index in [9.17, 15) is 40.4 Å². The van der Waals surface area contributed by atoms with Crippen LogP contribution in [-0.2, 0) is 52.7 Å². The molecule has 0 amide bonds. The van der Waals surface area contributed by atoms with Crippen LogP contribution in [-0.4, -0.2) is 190 Å². The van der Waals surface area contributed by atoms with Crippen LogP contribution in [0.15, 0.2) is 30.5 Å². The molecule has 3 fully saturated rings. The summed E-state index contributed by atoms with van der Waals surface area (Å²) in [6, 6.07) is 5.39. The minimum absolute atomic E-state index is 0.0462. The van der Waals surface area contributed by atoms with E-state index in [0.717, 1.165) is 11.3 Å². The molecular formula is C48H80IN7O14. The number of carbonyl (C=O) groups excluding carboxylic acids is 1. The van der Waals surface area contributed by atoms with Crippen LogP contribution in [0.25, 0.3) is 0 Å². The van der Waals surface area contributed by atoms with Crippen LogP contribution < -0.4 is 5.32 Å². The zero-order valence-electron chi connectivity index (χ0n) is 42.9. The Balaban J connectivity index is 1.36. The van der Waals surface area contributed by atoms with Gasteiger partial charge in [-0.05, 0) is 109 Å². The number of methoxy groups -OCH3 is 1. The molecule has 0 saturated carbocycles. The third kappa shape index (κ3) is 14.4. The number of likely N-dealkylation sites (N-methyl/N-ethyl adjacent to an activating group) is 2. The number of nitrogens with zero attached hydrogens (tertiary/aromatic N) is 6. The standard InChI is InChI=1S/C48H80IN7O14/c1-27-22-46(7,61)42(29(3)39(68-37-23-47(8,65-12)41(59)32(6)67-37)30(4)43(60)70-45(49)48(9,62)40(58)31(5)54(11)25-27)69-44-38(57)36(21-28(2)66-44)53(10)19-17-34-26-55(52-51-34)20-18-50-24-33-13-15-35(16-14-33)56(63)64/h13-16,26-32,36-42,44-45,50,57-59,61-62H,17-25H2,1-12H3/t27-,28-,29+,30-,31-,32+,36+,37+,38-,39+,40-,41+,42-,44+,45+,46-,47-,48+/m1/s1. The number of cyclic esters (lactones) is 1. The molecule has 3 aliphatic heterocycles. The molecule has 1 aromatic heterocycles. The number of aliphatic hydroxyl groups excluding tert-OH is 3. The van der Waals surface area contributed by atoms with Crippen molar-refractivity contribution in [3.8, 4) is 0 Å². The molecule has 0 aliphatic carbocycles. The summed E-state index contributed by atoms with van der Waals surface area (Å²) in [5.41, 5.74) is -2.83. The van der Waals surface area contributed by atoms with Gasteiger partial charge in [0.25, 0.3) is 5.69 Å². The van der Waals surface area contributed by atoms with E-state index in [1.54, 1.807) is 58.4 Å². The number of hydrogen-bond acceptors (Lipinski definition) is 19. The Morgan fingerprint density at radius 3 is 2.33 bits per heavy atom. The molecule has 22 heteroatoms. The average molecular weight is 1110 g/mol. The number of nitrogens with one attached hydrogen (secondary N) is 1. The molecule has 3 saturated heterocycles. The van der Waals surface area contributed by atoms with E-state index in [1.165, 1.54) is 26.2 Å². The molecule has 3 aliphatic rings. The van der Waals surface area contributed by atoms with E-state index in [2.05, 4.69) is 15.6 Å². The maximum absolute atomic E-state index is 14.3. The zero-order valence-corrected chi connectivity index (χ0v) is 45.0. The molecule has 5 rings (SSSR count). The van der Waals surface area contributed by atoms with Crippen LogP contribution in [0.5, 0.6) is 0 Å². The van der Waals surface area contributed by atoms with Gasteiger partial charge >= 0.3 is 5.97 Å². The average Bonchev–Trinajstić information content (AvgIpc) is 3.76. The van der Waals surface area contributed by atoms with Crippen molar-refractivity contribution in [1.29, 1.82) is 0 Å². The van der Waals surface area contributed by atoms with Gasteiger partial charge in [-0.2, -0.15) is 0 Å². The summed E-state index contributed by atoms with van der Waals surface area (Å²) in [5.74, 6) is -2.85. The molecule has 6 N–H and O–H groups in total. The first-order valence-electron chi connectivity index (χ1n) is 24.4. The molecule has 21 nitrogen and oxygen atoms in total. The lowest BCUT2D eigenvalue weighted by Crippen LogP contribution is -2.60. The van der Waals surface area contributed by atoms with Gasteiger partial charge in [0.1, 0.15) is 23.9 Å². The van der Waals surface area contributed by atoms with E-state index >= 15 is 0 Å². The van der Waals surface area contributed by atoms with E-state index in [1.807, 2.05) is 66.5 Å². The Morgan fingerprint density at radius 2 is 1.69 bits per heavy atom. The number of ether oxygens (including phenoxy) is 6. The molecule has 0 bridgehead atoms. The number of carbonyl (C=O) groups is 1. The number of nitro benzene ring substituents is 1. The Bertz CT molecular complexity index is 1980. The van der Waals surface area contributed by atoms with Crippen molar-refractivity contribution in [2.45, 2.75) is 189 Å². The number of non-ortho nitro benzene ring substituents is 1. The van der Waals surface area contributed by atoms with Crippen molar-refractivity contribution in [3.05, 3.63) is 51.8 Å². The molecule has 0 radical (unpaired) electrons. The van der Waals surface area contributed by atoms with Crippen molar-refractivity contribution >= 4 is 34.2 Å². The van der Waals surface area contributed by atoms with Gasteiger partial charge in [-0.15, -0.1) is 5.10 Å². The lowest BCUT2D eigenvalue weighted by molar-refractivity contribution is -0.384. The minimum atomic E-state index is -1.86. The van der Waals surface area contributed by atoms with Gasteiger partial charge in [0.05, 0.1) is 58.7 Å². The molecule has 18 atom stereocenters. The summed E-state index contributed by atoms with van der Waals surface area (Å²) in [6.45, 7) is 18.2. The van der Waals surface area contributed by atoms with Gasteiger partial charge in [-0.3, -0.25) is 19.6 Å². The first-order valence-corrected chi connectivity index (χ1v) is 25.7. The smallest absolute Gasteiger partial charge is 0.312 e. The largest absolute Gasteiger partial charge is 0.448 e. The molecule has 4 heterocycles. The Labute approximate surface area is 426 Å². The molecule has 70 heavy (non-hydrogen) atoms. The van der Waals surface area contributed by atoms with Gasteiger partial charge < -0.3 is 69.1 Å². The number of hydrogen-bond donors (Lipinski definition) is 6. The van der Waals surface area contributed by atoms with Crippen molar-refractivity contribution in [2.24, 2.45) is 17.8 Å². The number of halogens is 1. The van der Waals surface area contributed by atoms with E-state index in [-0.39, 0.29) is 30.6 Å². The quantitative estimate of drug-likeness (QED) is 0.0374. The summed E-state index contributed by atoms with van der Waals surface area (Å²) >= 11 is 1.82. The maximum Gasteiger partial charge on any atom is 0.312 e. The Morgan fingerprint density at radius 1 is 1.01 bits per heavy atom. The lowest BCUT2D eigenvalue weighted by Gasteiger charge is -2.49. The SMILES string of the molecule is CO[C@]1(C)C[C@H](O[C@H]2[C@H](C)[C@@H](O[C@@H]3O[C@H](C)C[C@H](N(C)CCc4cn(CCNCc5ccc([N+](=O)[O-])cc5)nn4)[C@H]3O)[C@](C)(O)C[C@@H](C)CN(C)[C@H](C)[C@@H](O)[C@](C)(O)[C@@H](I)OC(=O)[C@@H]2C)O[C@@H](C)[C@@H]1O. The summed E-state index contributed by atoms with van der Waals surface area (Å²) < 4.78 is 38.5. The van der Waals surface area contributed by atoms with Crippen LogP contribution >= 0.6 is 22.6 Å². The summed E-state index contributed by atoms with van der Waals surface area (Å²) in [6.07, 6.45) is -5.86. The highest BCUT2D eigenvalue weighted by atomic mass is 127. The monoisotopic (exact) mass is 1110 g/mol. The van der Waals surface area contributed by atoms with Gasteiger partial charge in [0.2, 0.25) is 0 Å². The number of benzene rings is 1. The van der Waals surface area contributed by atoms with Crippen LogP contribution in [0.1, 0.15) is 92.8 Å². The normalized spacial score (nSPS) is 39.8. The van der Waals surface area contributed by atoms with Crippen LogP contribution in [0.4, 0.5) is 5.69 Å². The molecule has 1 aromatic carbocycles. The van der Waals surface area contributed by atoms with E-state index < -0.39 is 105 Å². The Kier molecular flexibility index (Phi) is 20.5. The number of alkyl halides is 1. The van der Waals surface area contributed by atoms with Crippen molar-refractivity contribution in [2.75, 3.05) is 40.8 Å². The zero-order chi connectivity index (χ0) is 52.0. The van der Waals surface area contributed by atoms with Crippen LogP contribution in [0.2, 0.25) is 0 Å². The second kappa shape index (κ2) is 24.6. The van der Waals surface area contributed by atoms with E-state index in [4.69, 9.17) is 28.4 Å². The number of aromatic nitrogens is 3. The molecule has 398 valence electrons. The molecule has 0 unspecified atom stereocenters. The molecule has 0 spiro atoms. The summed E-state index contributed by atoms with van der Waals surface area (Å²) in [7, 11) is 5.23. The van der Waals surface area contributed by atoms with Crippen molar-refractivity contribution in [1.82, 2.24) is 30.1 Å². The van der Waals surface area contributed by atoms with Gasteiger partial charge in [-0.25, -0.2) is 0 Å². The van der Waals surface area contributed by atoms with Gasteiger partial charge in [0, 0.05) is 82.5 Å². The number of nitro groups is 1. The fourth-order valence-corrected chi connectivity index (χ4v) is 10.9. The Hall–Kier alpha value is -2.56. The van der Waals surface area contributed by atoms with Crippen LogP contribution in [0.3, 0.4) is 0 Å². The van der Waals surface area contributed by atoms with E-state index in [0.29, 0.717) is 45.6 Å². The topological polar surface area (TPSA) is 266 Å². The fraction of sp³-hybridized carbons (Fsp3) is 0.812. The lowest BCUT2D eigenvalue weighted by atomic mass is 9.77. The first-order chi connectivity index (χ1) is 32.7.